The molecule has 0 amide bonds. The van der Waals surface area contributed by atoms with Gasteiger partial charge in [-0.15, -0.1) is 11.8 Å². The molecule has 0 radical (unpaired) electrons. The van der Waals surface area contributed by atoms with Gasteiger partial charge in [-0.05, 0) is 19.1 Å². The summed E-state index contributed by atoms with van der Waals surface area (Å²) in [6.45, 7) is 0.867. The van der Waals surface area contributed by atoms with Gasteiger partial charge in [-0.25, -0.2) is 0 Å². The molecule has 7 heteroatoms. The summed E-state index contributed by atoms with van der Waals surface area (Å²) in [5.74, 6) is 0. The Morgan fingerprint density at radius 1 is 1.39 bits per heavy atom. The molecule has 3 nitrogen and oxygen atoms in total. The first-order valence-corrected chi connectivity index (χ1v) is 6.96. The summed E-state index contributed by atoms with van der Waals surface area (Å²) in [4.78, 5) is 2.04. The van der Waals surface area contributed by atoms with Gasteiger partial charge in [-0.2, -0.15) is 18.4 Å². The van der Waals surface area contributed by atoms with Gasteiger partial charge < -0.3 is 9.64 Å². The summed E-state index contributed by atoms with van der Waals surface area (Å²) >= 11 is 1.56. The standard InChI is InChI=1S/C11H17F3N2OS/c1-18-10(8-15)2-4-16(5-3-10)6-7-17-9-11(12,13)14/h2-7,9H2,1H3. The summed E-state index contributed by atoms with van der Waals surface area (Å²) in [5.41, 5.74) is 0. The molecule has 0 bridgehead atoms. The van der Waals surface area contributed by atoms with E-state index in [1.807, 2.05) is 11.2 Å². The second-order valence-electron chi connectivity index (χ2n) is 4.32. The van der Waals surface area contributed by atoms with Crippen molar-refractivity contribution in [2.45, 2.75) is 23.8 Å². The number of nitriles is 1. The van der Waals surface area contributed by atoms with Crippen LogP contribution in [0.25, 0.3) is 0 Å². The SMILES string of the molecule is CSC1(C#N)CCN(CCOCC(F)(F)F)CC1. The van der Waals surface area contributed by atoms with E-state index in [1.165, 1.54) is 0 Å². The molecule has 0 aromatic heterocycles. The van der Waals surface area contributed by atoms with E-state index in [-0.39, 0.29) is 11.4 Å². The molecule has 0 aromatic rings. The van der Waals surface area contributed by atoms with E-state index in [1.54, 1.807) is 11.8 Å². The lowest BCUT2D eigenvalue weighted by molar-refractivity contribution is -0.174. The molecule has 0 N–H and O–H groups in total. The van der Waals surface area contributed by atoms with Crippen molar-refractivity contribution >= 4 is 11.8 Å². The molecule has 0 aliphatic carbocycles. The van der Waals surface area contributed by atoms with Crippen molar-refractivity contribution in [3.8, 4) is 6.07 Å². The van der Waals surface area contributed by atoms with Gasteiger partial charge in [-0.1, -0.05) is 0 Å². The van der Waals surface area contributed by atoms with Crippen molar-refractivity contribution in [2.75, 3.05) is 39.1 Å². The van der Waals surface area contributed by atoms with Gasteiger partial charge in [0.15, 0.2) is 0 Å². The van der Waals surface area contributed by atoms with Crippen LogP contribution in [0.4, 0.5) is 13.2 Å². The van der Waals surface area contributed by atoms with E-state index in [0.717, 1.165) is 25.9 Å². The number of nitrogens with zero attached hydrogens (tertiary/aromatic N) is 2. The highest BCUT2D eigenvalue weighted by molar-refractivity contribution is 8.00. The Morgan fingerprint density at radius 2 is 2.00 bits per heavy atom. The van der Waals surface area contributed by atoms with Gasteiger partial charge in [0.1, 0.15) is 11.4 Å². The van der Waals surface area contributed by atoms with Gasteiger partial charge in [0.05, 0.1) is 12.7 Å². The predicted octanol–water partition coefficient (Wildman–Crippen LogP) is 2.29. The summed E-state index contributed by atoms with van der Waals surface area (Å²) in [7, 11) is 0. The zero-order valence-electron chi connectivity index (χ0n) is 10.3. The van der Waals surface area contributed by atoms with Crippen molar-refractivity contribution in [2.24, 2.45) is 0 Å². The van der Waals surface area contributed by atoms with Crippen LogP contribution in [-0.4, -0.2) is 54.9 Å². The van der Waals surface area contributed by atoms with Gasteiger partial charge in [0.25, 0.3) is 0 Å². The number of alkyl halides is 3. The molecular formula is C11H17F3N2OS. The second kappa shape index (κ2) is 6.64. The summed E-state index contributed by atoms with van der Waals surface area (Å²) in [6.07, 6.45) is -0.824. The molecular weight excluding hydrogens is 265 g/mol. The fraction of sp³-hybridized carbons (Fsp3) is 0.909. The summed E-state index contributed by atoms with van der Waals surface area (Å²) in [5, 5.41) is 9.09. The average molecular weight is 282 g/mol. The van der Waals surface area contributed by atoms with Gasteiger partial charge >= 0.3 is 6.18 Å². The molecule has 1 aliphatic heterocycles. The van der Waals surface area contributed by atoms with Gasteiger partial charge in [-0.3, -0.25) is 0 Å². The Labute approximate surface area is 109 Å². The molecule has 104 valence electrons. The Hall–Kier alpha value is -0.450. The van der Waals surface area contributed by atoms with Crippen molar-refractivity contribution in [3.05, 3.63) is 0 Å². The van der Waals surface area contributed by atoms with Crippen molar-refractivity contribution in [1.29, 1.82) is 5.26 Å². The van der Waals surface area contributed by atoms with Crippen LogP contribution in [0.1, 0.15) is 12.8 Å². The Bertz CT molecular complexity index is 296. The normalized spacial score (nSPS) is 20.6. The van der Waals surface area contributed by atoms with Crippen LogP contribution in [-0.2, 0) is 4.74 Å². The highest BCUT2D eigenvalue weighted by Crippen LogP contribution is 2.33. The molecule has 1 aliphatic rings. The van der Waals surface area contributed by atoms with E-state index < -0.39 is 12.8 Å². The third-order valence-electron chi connectivity index (χ3n) is 3.08. The number of likely N-dealkylation sites (tertiary alicyclic amines) is 1. The maximum absolute atomic E-state index is 11.8. The van der Waals surface area contributed by atoms with Gasteiger partial charge in [0.2, 0.25) is 0 Å². The zero-order valence-corrected chi connectivity index (χ0v) is 11.1. The predicted molar refractivity (Wildman–Crippen MR) is 64.4 cm³/mol. The number of hydrogen-bond donors (Lipinski definition) is 0. The quantitative estimate of drug-likeness (QED) is 0.725. The van der Waals surface area contributed by atoms with Crippen LogP contribution in [0.5, 0.6) is 0 Å². The second-order valence-corrected chi connectivity index (χ2v) is 5.51. The molecule has 0 aromatic carbocycles. The zero-order chi connectivity index (χ0) is 13.6. The van der Waals surface area contributed by atoms with Crippen molar-refractivity contribution < 1.29 is 17.9 Å². The fourth-order valence-corrected chi connectivity index (χ4v) is 2.56. The van der Waals surface area contributed by atoms with E-state index in [0.29, 0.717) is 6.54 Å². The van der Waals surface area contributed by atoms with Crippen LogP contribution >= 0.6 is 11.8 Å². The van der Waals surface area contributed by atoms with Crippen molar-refractivity contribution in [1.82, 2.24) is 4.90 Å². The molecule has 0 atom stereocenters. The Morgan fingerprint density at radius 3 is 2.44 bits per heavy atom. The third kappa shape index (κ3) is 5.04. The molecule has 1 rings (SSSR count). The highest BCUT2D eigenvalue weighted by atomic mass is 32.2. The number of thioether (sulfide) groups is 1. The molecule has 0 saturated carbocycles. The minimum absolute atomic E-state index is 0.0817. The lowest BCUT2D eigenvalue weighted by atomic mass is 9.97. The van der Waals surface area contributed by atoms with Crippen LogP contribution in [0.3, 0.4) is 0 Å². The fourth-order valence-electron chi connectivity index (χ4n) is 1.88. The summed E-state index contributed by atoms with van der Waals surface area (Å²) in [6, 6.07) is 2.33. The van der Waals surface area contributed by atoms with Crippen molar-refractivity contribution in [3.63, 3.8) is 0 Å². The molecule has 1 fully saturated rings. The highest BCUT2D eigenvalue weighted by Gasteiger charge is 2.33. The smallest absolute Gasteiger partial charge is 0.371 e. The van der Waals surface area contributed by atoms with E-state index in [4.69, 9.17) is 5.26 Å². The van der Waals surface area contributed by atoms with Gasteiger partial charge in [0, 0.05) is 19.6 Å². The molecule has 1 heterocycles. The Kier molecular flexibility index (Phi) is 5.76. The first-order valence-electron chi connectivity index (χ1n) is 5.74. The number of hydrogen-bond acceptors (Lipinski definition) is 4. The molecule has 0 unspecified atom stereocenters. The maximum Gasteiger partial charge on any atom is 0.411 e. The van der Waals surface area contributed by atoms with Crippen LogP contribution in [0, 0.1) is 11.3 Å². The number of halogens is 3. The minimum atomic E-state index is -4.25. The van der Waals surface area contributed by atoms with Crippen LogP contribution in [0.15, 0.2) is 0 Å². The topological polar surface area (TPSA) is 36.3 Å². The lowest BCUT2D eigenvalue weighted by Crippen LogP contribution is -2.42. The monoisotopic (exact) mass is 282 g/mol. The van der Waals surface area contributed by atoms with Crippen LogP contribution in [0.2, 0.25) is 0 Å². The number of ether oxygens (including phenoxy) is 1. The molecule has 1 saturated heterocycles. The first-order chi connectivity index (χ1) is 8.41. The maximum atomic E-state index is 11.8. The molecule has 0 spiro atoms. The summed E-state index contributed by atoms with van der Waals surface area (Å²) < 4.78 is 39.8. The van der Waals surface area contributed by atoms with E-state index >= 15 is 0 Å². The largest absolute Gasteiger partial charge is 0.411 e. The number of piperidine rings is 1. The lowest BCUT2D eigenvalue weighted by Gasteiger charge is -2.36. The van der Waals surface area contributed by atoms with E-state index in [2.05, 4.69) is 10.8 Å². The average Bonchev–Trinajstić information content (AvgIpc) is 2.34. The number of rotatable bonds is 5. The first kappa shape index (κ1) is 15.6. The van der Waals surface area contributed by atoms with Crippen LogP contribution < -0.4 is 0 Å². The van der Waals surface area contributed by atoms with E-state index in [9.17, 15) is 13.2 Å². The Balaban J connectivity index is 2.19. The molecule has 18 heavy (non-hydrogen) atoms. The minimum Gasteiger partial charge on any atom is -0.371 e. The third-order valence-corrected chi connectivity index (χ3v) is 4.36.